The third kappa shape index (κ3) is 2.82. The molecule has 0 unspecified atom stereocenters. The van der Waals surface area contributed by atoms with Crippen LogP contribution < -0.4 is 11.1 Å². The number of aromatic nitrogens is 1. The van der Waals surface area contributed by atoms with Crippen molar-refractivity contribution in [3.05, 3.63) is 34.7 Å². The van der Waals surface area contributed by atoms with Crippen molar-refractivity contribution in [2.24, 2.45) is 0 Å². The second-order valence-electron chi connectivity index (χ2n) is 3.60. The number of likely N-dealkylation sites (N-methyl/N-ethyl adjacent to an activating group) is 1. The molecule has 5 heteroatoms. The SMILES string of the molecule is CNC(=O)Cc1nc(-c2ccc(N)cc2)cs1. The Morgan fingerprint density at radius 2 is 2.12 bits per heavy atom. The van der Waals surface area contributed by atoms with Crippen molar-refractivity contribution >= 4 is 22.9 Å². The molecule has 88 valence electrons. The highest BCUT2D eigenvalue weighted by atomic mass is 32.1. The van der Waals surface area contributed by atoms with Gasteiger partial charge in [0, 0.05) is 23.7 Å². The first-order valence-electron chi connectivity index (χ1n) is 5.20. The molecule has 3 N–H and O–H groups in total. The van der Waals surface area contributed by atoms with Crippen molar-refractivity contribution in [3.63, 3.8) is 0 Å². The predicted octanol–water partition coefficient (Wildman–Crippen LogP) is 1.68. The lowest BCUT2D eigenvalue weighted by Crippen LogP contribution is -2.19. The number of hydrogen-bond acceptors (Lipinski definition) is 4. The van der Waals surface area contributed by atoms with Crippen LogP contribution in [-0.2, 0) is 11.2 Å². The van der Waals surface area contributed by atoms with Crippen LogP contribution in [0.5, 0.6) is 0 Å². The maximum atomic E-state index is 11.2. The van der Waals surface area contributed by atoms with Gasteiger partial charge in [0.1, 0.15) is 5.01 Å². The van der Waals surface area contributed by atoms with Gasteiger partial charge in [0.25, 0.3) is 0 Å². The number of nitrogens with zero attached hydrogens (tertiary/aromatic N) is 1. The minimum absolute atomic E-state index is 0.0248. The molecule has 17 heavy (non-hydrogen) atoms. The minimum Gasteiger partial charge on any atom is -0.399 e. The molecule has 0 saturated carbocycles. The van der Waals surface area contributed by atoms with Gasteiger partial charge in [-0.2, -0.15) is 0 Å². The van der Waals surface area contributed by atoms with Crippen LogP contribution in [-0.4, -0.2) is 17.9 Å². The number of rotatable bonds is 3. The number of nitrogens with two attached hydrogens (primary N) is 1. The number of amides is 1. The molecule has 1 aromatic heterocycles. The molecule has 1 amide bonds. The molecule has 1 heterocycles. The fraction of sp³-hybridized carbons (Fsp3) is 0.167. The Balaban J connectivity index is 2.18. The largest absolute Gasteiger partial charge is 0.399 e. The summed E-state index contributed by atoms with van der Waals surface area (Å²) in [6.07, 6.45) is 0.330. The van der Waals surface area contributed by atoms with Crippen LogP contribution in [0, 0.1) is 0 Å². The molecule has 1 aromatic carbocycles. The van der Waals surface area contributed by atoms with E-state index in [1.165, 1.54) is 11.3 Å². The molecule has 0 saturated heterocycles. The lowest BCUT2D eigenvalue weighted by atomic mass is 10.1. The summed E-state index contributed by atoms with van der Waals surface area (Å²) in [5, 5.41) is 5.35. The summed E-state index contributed by atoms with van der Waals surface area (Å²) in [5.74, 6) is -0.0248. The number of anilines is 1. The van der Waals surface area contributed by atoms with Gasteiger partial charge >= 0.3 is 0 Å². The second-order valence-corrected chi connectivity index (χ2v) is 4.54. The van der Waals surface area contributed by atoms with E-state index in [4.69, 9.17) is 5.73 Å². The normalized spacial score (nSPS) is 10.2. The molecule has 4 nitrogen and oxygen atoms in total. The molecule has 0 bridgehead atoms. The van der Waals surface area contributed by atoms with Crippen molar-refractivity contribution in [3.8, 4) is 11.3 Å². The van der Waals surface area contributed by atoms with E-state index in [2.05, 4.69) is 10.3 Å². The Morgan fingerprint density at radius 3 is 2.76 bits per heavy atom. The van der Waals surface area contributed by atoms with E-state index in [1.54, 1.807) is 7.05 Å². The van der Waals surface area contributed by atoms with Crippen LogP contribution >= 0.6 is 11.3 Å². The van der Waals surface area contributed by atoms with Crippen molar-refractivity contribution < 1.29 is 4.79 Å². The summed E-state index contributed by atoms with van der Waals surface area (Å²) >= 11 is 1.49. The maximum Gasteiger partial charge on any atom is 0.226 e. The molecule has 0 fully saturated rings. The highest BCUT2D eigenvalue weighted by molar-refractivity contribution is 7.10. The Kier molecular flexibility index (Phi) is 3.39. The maximum absolute atomic E-state index is 11.2. The van der Waals surface area contributed by atoms with E-state index in [0.29, 0.717) is 6.42 Å². The quantitative estimate of drug-likeness (QED) is 0.811. The fourth-order valence-electron chi connectivity index (χ4n) is 1.40. The molecular weight excluding hydrogens is 234 g/mol. The number of nitrogens with one attached hydrogen (secondary N) is 1. The zero-order chi connectivity index (χ0) is 12.3. The van der Waals surface area contributed by atoms with Crippen molar-refractivity contribution in [2.45, 2.75) is 6.42 Å². The van der Waals surface area contributed by atoms with Crippen LogP contribution in [0.4, 0.5) is 5.69 Å². The first-order valence-corrected chi connectivity index (χ1v) is 6.08. The highest BCUT2D eigenvalue weighted by Gasteiger charge is 2.07. The third-order valence-corrected chi connectivity index (χ3v) is 3.20. The summed E-state index contributed by atoms with van der Waals surface area (Å²) in [6, 6.07) is 7.53. The zero-order valence-electron chi connectivity index (χ0n) is 9.43. The predicted molar refractivity (Wildman–Crippen MR) is 69.7 cm³/mol. The van der Waals surface area contributed by atoms with Gasteiger partial charge in [-0.25, -0.2) is 4.98 Å². The van der Waals surface area contributed by atoms with Crippen LogP contribution in [0.3, 0.4) is 0 Å². The first-order chi connectivity index (χ1) is 8.19. The van der Waals surface area contributed by atoms with Crippen LogP contribution in [0.15, 0.2) is 29.6 Å². The Labute approximate surface area is 103 Å². The fourth-order valence-corrected chi connectivity index (χ4v) is 2.21. The summed E-state index contributed by atoms with van der Waals surface area (Å²) < 4.78 is 0. The van der Waals surface area contributed by atoms with Crippen molar-refractivity contribution in [1.82, 2.24) is 10.3 Å². The number of nitrogen functional groups attached to an aromatic ring is 1. The molecule has 2 rings (SSSR count). The Morgan fingerprint density at radius 1 is 1.41 bits per heavy atom. The third-order valence-electron chi connectivity index (χ3n) is 2.35. The van der Waals surface area contributed by atoms with E-state index in [9.17, 15) is 4.79 Å². The van der Waals surface area contributed by atoms with Crippen LogP contribution in [0.2, 0.25) is 0 Å². The number of carbonyl (C=O) groups excluding carboxylic acids is 1. The van der Waals surface area contributed by atoms with E-state index in [0.717, 1.165) is 22.0 Å². The summed E-state index contributed by atoms with van der Waals surface area (Å²) in [6.45, 7) is 0. The van der Waals surface area contributed by atoms with Gasteiger partial charge in [-0.15, -0.1) is 11.3 Å². The van der Waals surface area contributed by atoms with Gasteiger partial charge in [-0.3, -0.25) is 4.79 Å². The standard InChI is InChI=1S/C12H13N3OS/c1-14-11(16)6-12-15-10(7-17-12)8-2-4-9(13)5-3-8/h2-5,7H,6,13H2,1H3,(H,14,16). The lowest BCUT2D eigenvalue weighted by molar-refractivity contribution is -0.119. The average Bonchev–Trinajstić information content (AvgIpc) is 2.78. The van der Waals surface area contributed by atoms with Gasteiger partial charge in [-0.1, -0.05) is 12.1 Å². The molecule has 2 aromatic rings. The number of thiazole rings is 1. The number of hydrogen-bond donors (Lipinski definition) is 2. The molecule has 0 aliphatic carbocycles. The second kappa shape index (κ2) is 4.97. The molecular formula is C12H13N3OS. The Bertz CT molecular complexity index is 519. The number of benzene rings is 1. The Hall–Kier alpha value is -1.88. The molecule has 0 radical (unpaired) electrons. The van der Waals surface area contributed by atoms with E-state index >= 15 is 0 Å². The van der Waals surface area contributed by atoms with E-state index < -0.39 is 0 Å². The summed E-state index contributed by atoms with van der Waals surface area (Å²) in [5.41, 5.74) is 8.25. The van der Waals surface area contributed by atoms with E-state index in [-0.39, 0.29) is 5.91 Å². The molecule has 0 spiro atoms. The first kappa shape index (κ1) is 11.6. The van der Waals surface area contributed by atoms with E-state index in [1.807, 2.05) is 29.6 Å². The number of carbonyl (C=O) groups is 1. The monoisotopic (exact) mass is 247 g/mol. The summed E-state index contributed by atoms with van der Waals surface area (Å²) in [7, 11) is 1.62. The van der Waals surface area contributed by atoms with Crippen LogP contribution in [0.25, 0.3) is 11.3 Å². The zero-order valence-corrected chi connectivity index (χ0v) is 10.3. The van der Waals surface area contributed by atoms with Gasteiger partial charge < -0.3 is 11.1 Å². The summed E-state index contributed by atoms with van der Waals surface area (Å²) in [4.78, 5) is 15.6. The highest BCUT2D eigenvalue weighted by Crippen LogP contribution is 2.22. The molecule has 0 aliphatic rings. The van der Waals surface area contributed by atoms with Gasteiger partial charge in [0.2, 0.25) is 5.91 Å². The van der Waals surface area contributed by atoms with Crippen molar-refractivity contribution in [2.75, 3.05) is 12.8 Å². The van der Waals surface area contributed by atoms with Gasteiger partial charge in [-0.05, 0) is 12.1 Å². The van der Waals surface area contributed by atoms with Gasteiger partial charge in [0.15, 0.2) is 0 Å². The van der Waals surface area contributed by atoms with Gasteiger partial charge in [0.05, 0.1) is 12.1 Å². The van der Waals surface area contributed by atoms with Crippen LogP contribution in [0.1, 0.15) is 5.01 Å². The topological polar surface area (TPSA) is 68.0 Å². The van der Waals surface area contributed by atoms with Crippen molar-refractivity contribution in [1.29, 1.82) is 0 Å². The minimum atomic E-state index is -0.0248. The molecule has 0 atom stereocenters. The smallest absolute Gasteiger partial charge is 0.226 e. The molecule has 0 aliphatic heterocycles. The lowest BCUT2D eigenvalue weighted by Gasteiger charge is -1.97. The average molecular weight is 247 g/mol.